The molecule has 0 N–H and O–H groups in total. The number of hydrogen-bond donors (Lipinski definition) is 0. The molecule has 0 spiro atoms. The van der Waals surface area contributed by atoms with Gasteiger partial charge in [0.05, 0.1) is 18.7 Å². The van der Waals surface area contributed by atoms with Gasteiger partial charge in [0.25, 0.3) is 0 Å². The number of ether oxygens (including phenoxy) is 1. The van der Waals surface area contributed by atoms with Crippen LogP contribution >= 0.6 is 34.0 Å². The van der Waals surface area contributed by atoms with E-state index >= 15 is 0 Å². The van der Waals surface area contributed by atoms with Crippen LogP contribution in [0.3, 0.4) is 0 Å². The smallest absolute Gasteiger partial charge is 0.237 e. The Labute approximate surface area is 189 Å². The average molecular weight is 459 g/mol. The first kappa shape index (κ1) is 20.4. The highest BCUT2D eigenvalue weighted by Crippen LogP contribution is 2.39. The Balaban J connectivity index is 1.35. The van der Waals surface area contributed by atoms with Gasteiger partial charge in [-0.15, -0.1) is 34.0 Å². The summed E-state index contributed by atoms with van der Waals surface area (Å²) in [4.78, 5) is 22.0. The summed E-state index contributed by atoms with van der Waals surface area (Å²) in [5.74, 6) is 0.222. The third-order valence-electron chi connectivity index (χ3n) is 5.90. The number of rotatable bonds is 7. The van der Waals surface area contributed by atoms with E-state index in [4.69, 9.17) is 4.74 Å². The number of amides is 1. The zero-order chi connectivity index (χ0) is 20.3. The molecule has 0 radical (unpaired) electrons. The molecule has 0 bridgehead atoms. The normalized spacial score (nSPS) is 21.3. The van der Waals surface area contributed by atoms with Crippen molar-refractivity contribution in [2.75, 3.05) is 26.2 Å². The Morgan fingerprint density at radius 3 is 2.80 bits per heavy atom. The van der Waals surface area contributed by atoms with E-state index in [1.807, 2.05) is 11.3 Å². The predicted molar refractivity (Wildman–Crippen MR) is 124 cm³/mol. The molecule has 2 aliphatic rings. The van der Waals surface area contributed by atoms with Gasteiger partial charge in [0.1, 0.15) is 0 Å². The Hall–Kier alpha value is -1.51. The number of hydrogen-bond acceptors (Lipinski definition) is 6. The van der Waals surface area contributed by atoms with Crippen molar-refractivity contribution >= 4 is 39.9 Å². The van der Waals surface area contributed by atoms with Gasteiger partial charge >= 0.3 is 0 Å². The standard InChI is InChI=1S/C23H26N2O2S3/c26-22(16-24(14-17-4-1-10-27-17)15-18-5-2-11-28-18)25-9-7-20-19(8-13-30-20)23(25)21-6-3-12-29-21/h2-3,5-6,8,11-13,17,23H,1,4,7,9-10,14-16H2/t17-,23-/m1/s1. The van der Waals surface area contributed by atoms with E-state index in [9.17, 15) is 4.79 Å². The van der Waals surface area contributed by atoms with Gasteiger partial charge in [-0.1, -0.05) is 12.1 Å². The van der Waals surface area contributed by atoms with E-state index in [0.29, 0.717) is 6.54 Å². The predicted octanol–water partition coefficient (Wildman–Crippen LogP) is 5.03. The van der Waals surface area contributed by atoms with Gasteiger partial charge < -0.3 is 9.64 Å². The molecule has 4 nitrogen and oxygen atoms in total. The zero-order valence-corrected chi connectivity index (χ0v) is 19.3. The van der Waals surface area contributed by atoms with Crippen molar-refractivity contribution in [3.8, 4) is 0 Å². The van der Waals surface area contributed by atoms with Crippen molar-refractivity contribution in [2.24, 2.45) is 0 Å². The van der Waals surface area contributed by atoms with Crippen LogP contribution in [0.15, 0.2) is 46.5 Å². The van der Waals surface area contributed by atoms with E-state index < -0.39 is 0 Å². The third kappa shape index (κ3) is 4.41. The molecule has 0 unspecified atom stereocenters. The topological polar surface area (TPSA) is 32.8 Å². The second-order valence-corrected chi connectivity index (χ2v) is 11.0. The maximum atomic E-state index is 13.6. The molecule has 5 rings (SSSR count). The van der Waals surface area contributed by atoms with E-state index in [1.54, 1.807) is 22.7 Å². The van der Waals surface area contributed by atoms with Gasteiger partial charge in [0.2, 0.25) is 5.91 Å². The SMILES string of the molecule is O=C(CN(Cc1cccs1)C[C@H]1CCCO1)N1CCc2sccc2[C@@H]1c1cccs1. The minimum absolute atomic E-state index is 0.0545. The minimum Gasteiger partial charge on any atom is -0.377 e. The molecular weight excluding hydrogens is 432 g/mol. The van der Waals surface area contributed by atoms with E-state index in [-0.39, 0.29) is 18.1 Å². The van der Waals surface area contributed by atoms with Crippen molar-refractivity contribution in [1.82, 2.24) is 9.80 Å². The van der Waals surface area contributed by atoms with Crippen LogP contribution in [0.5, 0.6) is 0 Å². The fourth-order valence-electron chi connectivity index (χ4n) is 4.51. The lowest BCUT2D eigenvalue weighted by Crippen LogP contribution is -2.46. The molecule has 2 aliphatic heterocycles. The van der Waals surface area contributed by atoms with Crippen LogP contribution in [0.4, 0.5) is 0 Å². The lowest BCUT2D eigenvalue weighted by molar-refractivity contribution is -0.135. The lowest BCUT2D eigenvalue weighted by Gasteiger charge is -2.37. The number of thiophene rings is 3. The second kappa shape index (κ2) is 9.32. The molecular formula is C23H26N2O2S3. The first-order chi connectivity index (χ1) is 14.8. The van der Waals surface area contributed by atoms with Crippen LogP contribution < -0.4 is 0 Å². The highest BCUT2D eigenvalue weighted by molar-refractivity contribution is 7.10. The van der Waals surface area contributed by atoms with Gasteiger partial charge in [0.15, 0.2) is 0 Å². The van der Waals surface area contributed by atoms with Gasteiger partial charge in [-0.05, 0) is 59.2 Å². The van der Waals surface area contributed by atoms with E-state index in [0.717, 1.165) is 45.5 Å². The highest BCUT2D eigenvalue weighted by Gasteiger charge is 2.34. The summed E-state index contributed by atoms with van der Waals surface area (Å²) < 4.78 is 5.89. The average Bonchev–Trinajstić information content (AvgIpc) is 3.55. The minimum atomic E-state index is 0.0545. The number of carbonyl (C=O) groups is 1. The van der Waals surface area contributed by atoms with E-state index in [2.05, 4.69) is 56.3 Å². The summed E-state index contributed by atoms with van der Waals surface area (Å²) in [5.41, 5.74) is 1.31. The molecule has 0 saturated carbocycles. The van der Waals surface area contributed by atoms with Crippen molar-refractivity contribution in [1.29, 1.82) is 0 Å². The van der Waals surface area contributed by atoms with Crippen LogP contribution in [-0.2, 0) is 22.5 Å². The Morgan fingerprint density at radius 2 is 2.03 bits per heavy atom. The molecule has 0 aromatic carbocycles. The van der Waals surface area contributed by atoms with Crippen LogP contribution in [0.1, 0.15) is 39.1 Å². The van der Waals surface area contributed by atoms with Crippen molar-refractivity contribution in [3.05, 3.63) is 66.7 Å². The molecule has 5 heterocycles. The largest absolute Gasteiger partial charge is 0.377 e. The Kier molecular flexibility index (Phi) is 6.34. The molecule has 30 heavy (non-hydrogen) atoms. The molecule has 158 valence electrons. The summed E-state index contributed by atoms with van der Waals surface area (Å²) in [5, 5.41) is 6.38. The molecule has 3 aromatic heterocycles. The fraction of sp³-hybridized carbons (Fsp3) is 0.435. The summed E-state index contributed by atoms with van der Waals surface area (Å²) in [6, 6.07) is 10.8. The summed E-state index contributed by atoms with van der Waals surface area (Å²) in [6.07, 6.45) is 3.42. The maximum Gasteiger partial charge on any atom is 0.237 e. The first-order valence-electron chi connectivity index (χ1n) is 10.5. The molecule has 2 atom stereocenters. The Bertz CT molecular complexity index is 945. The van der Waals surface area contributed by atoms with Gasteiger partial charge in [-0.3, -0.25) is 9.69 Å². The summed E-state index contributed by atoms with van der Waals surface area (Å²) >= 11 is 5.32. The lowest BCUT2D eigenvalue weighted by atomic mass is 9.98. The summed E-state index contributed by atoms with van der Waals surface area (Å²) in [7, 11) is 0. The van der Waals surface area contributed by atoms with Crippen LogP contribution in [0, 0.1) is 0 Å². The molecule has 1 fully saturated rings. The molecule has 0 aliphatic carbocycles. The van der Waals surface area contributed by atoms with Gasteiger partial charge in [-0.25, -0.2) is 0 Å². The van der Waals surface area contributed by atoms with E-state index in [1.165, 1.54) is 20.2 Å². The van der Waals surface area contributed by atoms with Crippen molar-refractivity contribution in [3.63, 3.8) is 0 Å². The van der Waals surface area contributed by atoms with Crippen molar-refractivity contribution in [2.45, 2.75) is 38.0 Å². The monoisotopic (exact) mass is 458 g/mol. The quantitative estimate of drug-likeness (QED) is 0.498. The van der Waals surface area contributed by atoms with Gasteiger partial charge in [-0.2, -0.15) is 0 Å². The van der Waals surface area contributed by atoms with Crippen LogP contribution in [-0.4, -0.2) is 48.1 Å². The molecule has 3 aromatic rings. The van der Waals surface area contributed by atoms with Gasteiger partial charge in [0, 0.05) is 40.9 Å². The first-order valence-corrected chi connectivity index (χ1v) is 13.2. The number of nitrogens with zero attached hydrogens (tertiary/aromatic N) is 2. The molecule has 7 heteroatoms. The summed E-state index contributed by atoms with van der Waals surface area (Å²) in [6.45, 7) is 3.72. The zero-order valence-electron chi connectivity index (χ0n) is 16.9. The van der Waals surface area contributed by atoms with Crippen LogP contribution in [0.2, 0.25) is 0 Å². The van der Waals surface area contributed by atoms with Crippen LogP contribution in [0.25, 0.3) is 0 Å². The second-order valence-electron chi connectivity index (χ2n) is 7.94. The van der Waals surface area contributed by atoms with Crippen molar-refractivity contribution < 1.29 is 9.53 Å². The highest BCUT2D eigenvalue weighted by atomic mass is 32.1. The maximum absolute atomic E-state index is 13.6. The molecule has 1 saturated heterocycles. The fourth-order valence-corrected chi connectivity index (χ4v) is 7.01. The Morgan fingerprint density at radius 1 is 1.13 bits per heavy atom. The third-order valence-corrected chi connectivity index (χ3v) is 8.69. The number of carbonyl (C=O) groups excluding carboxylic acids is 1. The molecule has 1 amide bonds. The number of fused-ring (bicyclic) bond motifs is 1.